The van der Waals surface area contributed by atoms with Crippen LogP contribution in [0.15, 0.2) is 9.85 Å². The highest BCUT2D eigenvalue weighted by atomic mass is 79.9. The maximum atomic E-state index is 9.69. The van der Waals surface area contributed by atoms with Gasteiger partial charge in [-0.3, -0.25) is 4.90 Å². The van der Waals surface area contributed by atoms with Crippen molar-refractivity contribution in [3.63, 3.8) is 0 Å². The Balaban J connectivity index is 2.40. The van der Waals surface area contributed by atoms with Crippen LogP contribution < -0.4 is 0 Å². The van der Waals surface area contributed by atoms with Gasteiger partial charge in [0.25, 0.3) is 0 Å². The Morgan fingerprint density at radius 3 is 3.25 bits per heavy atom. The highest BCUT2D eigenvalue weighted by Gasteiger charge is 2.23. The minimum atomic E-state index is -0.296. The Morgan fingerprint density at radius 2 is 2.50 bits per heavy atom. The first-order chi connectivity index (χ1) is 5.66. The molecule has 1 aromatic heterocycles. The number of aliphatic hydroxyl groups excluding tert-OH is 1. The molecule has 1 N–H and O–H groups in total. The Morgan fingerprint density at radius 1 is 1.75 bits per heavy atom. The number of halogens is 1. The third-order valence-corrected chi connectivity index (χ3v) is 3.82. The van der Waals surface area contributed by atoms with E-state index in [0.717, 1.165) is 21.8 Å². The Hall–Kier alpha value is 0.1000. The monoisotopic (exact) mass is 247 g/mol. The van der Waals surface area contributed by atoms with Gasteiger partial charge in [0.05, 0.1) is 3.79 Å². The van der Waals surface area contributed by atoms with E-state index in [1.54, 1.807) is 11.3 Å². The lowest BCUT2D eigenvalue weighted by Crippen LogP contribution is -2.28. The van der Waals surface area contributed by atoms with Gasteiger partial charge in [-0.1, -0.05) is 0 Å². The molecule has 0 radical (unpaired) electrons. The lowest BCUT2D eigenvalue weighted by molar-refractivity contribution is 0.111. The van der Waals surface area contributed by atoms with Crippen LogP contribution >= 0.6 is 27.3 Å². The Bertz CT molecular complexity index is 299. The van der Waals surface area contributed by atoms with Crippen LogP contribution in [0.4, 0.5) is 0 Å². The summed E-state index contributed by atoms with van der Waals surface area (Å²) in [4.78, 5) is 3.26. The molecule has 1 atom stereocenters. The molecule has 0 amide bonds. The largest absolute Gasteiger partial charge is 0.386 e. The molecule has 0 aromatic carbocycles. The third kappa shape index (κ3) is 1.44. The van der Waals surface area contributed by atoms with Gasteiger partial charge in [-0.05, 0) is 34.6 Å². The van der Waals surface area contributed by atoms with Crippen molar-refractivity contribution < 1.29 is 5.11 Å². The van der Waals surface area contributed by atoms with Crippen molar-refractivity contribution in [1.29, 1.82) is 0 Å². The summed E-state index contributed by atoms with van der Waals surface area (Å²) in [5.41, 5.74) is 1.26. The van der Waals surface area contributed by atoms with Crippen LogP contribution in [-0.2, 0) is 6.54 Å². The van der Waals surface area contributed by atoms with Crippen LogP contribution in [0.5, 0.6) is 0 Å². The molecular weight excluding hydrogens is 238 g/mol. The Labute approximate surface area is 83.9 Å². The number of rotatable bonds is 0. The summed E-state index contributed by atoms with van der Waals surface area (Å²) < 4.78 is 1.11. The number of aliphatic hydroxyl groups is 1. The molecular formula is C8H10BrNOS. The van der Waals surface area contributed by atoms with E-state index in [1.807, 2.05) is 7.05 Å². The molecule has 0 fully saturated rings. The van der Waals surface area contributed by atoms with E-state index in [4.69, 9.17) is 0 Å². The van der Waals surface area contributed by atoms with Gasteiger partial charge in [0.2, 0.25) is 0 Å². The second kappa shape index (κ2) is 3.10. The standard InChI is InChI=1S/C8H10BrNOS/c1-10-3-5-2-7(9)12-8(5)6(11)4-10/h2,6,11H,3-4H2,1H3. The van der Waals surface area contributed by atoms with Crippen molar-refractivity contribution in [1.82, 2.24) is 4.90 Å². The third-order valence-electron chi connectivity index (χ3n) is 2.04. The van der Waals surface area contributed by atoms with Crippen LogP contribution in [0.3, 0.4) is 0 Å². The number of β-amino-alcohol motifs (C(OH)–C–C–N with tert-alkyl or cyclic N) is 1. The van der Waals surface area contributed by atoms with Gasteiger partial charge in [-0.25, -0.2) is 0 Å². The molecule has 4 heteroatoms. The zero-order valence-corrected chi connectivity index (χ0v) is 9.15. The Kier molecular flexibility index (Phi) is 2.25. The fourth-order valence-corrected chi connectivity index (χ4v) is 3.22. The van der Waals surface area contributed by atoms with Gasteiger partial charge in [0.15, 0.2) is 0 Å². The number of thiophene rings is 1. The van der Waals surface area contributed by atoms with Crippen LogP contribution in [0.1, 0.15) is 16.5 Å². The topological polar surface area (TPSA) is 23.5 Å². The van der Waals surface area contributed by atoms with E-state index in [9.17, 15) is 5.11 Å². The van der Waals surface area contributed by atoms with E-state index < -0.39 is 0 Å². The maximum absolute atomic E-state index is 9.69. The molecule has 0 saturated carbocycles. The summed E-state index contributed by atoms with van der Waals surface area (Å²) in [5.74, 6) is 0. The van der Waals surface area contributed by atoms with E-state index in [1.165, 1.54) is 5.56 Å². The van der Waals surface area contributed by atoms with Crippen LogP contribution in [-0.4, -0.2) is 23.6 Å². The van der Waals surface area contributed by atoms with Crippen LogP contribution in [0, 0.1) is 0 Å². The highest BCUT2D eigenvalue weighted by molar-refractivity contribution is 9.11. The average Bonchev–Trinajstić information content (AvgIpc) is 2.29. The number of hydrogen-bond acceptors (Lipinski definition) is 3. The second-order valence-corrected chi connectivity index (χ2v) is 5.62. The fourth-order valence-electron chi connectivity index (χ4n) is 1.55. The molecule has 2 rings (SSSR count). The fraction of sp³-hybridized carbons (Fsp3) is 0.500. The molecule has 12 heavy (non-hydrogen) atoms. The minimum absolute atomic E-state index is 0.296. The van der Waals surface area contributed by atoms with Gasteiger partial charge in [0, 0.05) is 18.0 Å². The molecule has 0 aliphatic carbocycles. The van der Waals surface area contributed by atoms with Gasteiger partial charge in [-0.15, -0.1) is 11.3 Å². The molecule has 0 saturated heterocycles. The van der Waals surface area contributed by atoms with Gasteiger partial charge in [0.1, 0.15) is 6.10 Å². The first-order valence-corrected chi connectivity index (χ1v) is 5.42. The molecule has 1 unspecified atom stereocenters. The summed E-state index contributed by atoms with van der Waals surface area (Å²) in [7, 11) is 2.03. The lowest BCUT2D eigenvalue weighted by Gasteiger charge is -2.26. The number of nitrogens with zero attached hydrogens (tertiary/aromatic N) is 1. The predicted molar refractivity (Wildman–Crippen MR) is 53.3 cm³/mol. The summed E-state index contributed by atoms with van der Waals surface area (Å²) in [6, 6.07) is 2.10. The smallest absolute Gasteiger partial charge is 0.101 e. The van der Waals surface area contributed by atoms with E-state index in [-0.39, 0.29) is 6.10 Å². The summed E-state index contributed by atoms with van der Waals surface area (Å²) in [6.45, 7) is 1.70. The van der Waals surface area contributed by atoms with E-state index in [0.29, 0.717) is 0 Å². The SMILES string of the molecule is CN1Cc2cc(Br)sc2C(O)C1. The zero-order valence-electron chi connectivity index (χ0n) is 6.75. The molecule has 2 nitrogen and oxygen atoms in total. The van der Waals surface area contributed by atoms with Crippen LogP contribution in [0.2, 0.25) is 0 Å². The van der Waals surface area contributed by atoms with Crippen molar-refractivity contribution in [2.45, 2.75) is 12.6 Å². The summed E-state index contributed by atoms with van der Waals surface area (Å²) >= 11 is 5.07. The summed E-state index contributed by atoms with van der Waals surface area (Å²) in [6.07, 6.45) is -0.296. The second-order valence-electron chi connectivity index (χ2n) is 3.15. The first kappa shape index (κ1) is 8.69. The van der Waals surface area contributed by atoms with E-state index in [2.05, 4.69) is 26.9 Å². The molecule has 66 valence electrons. The molecule has 2 heterocycles. The van der Waals surface area contributed by atoms with Crippen molar-refractivity contribution in [2.24, 2.45) is 0 Å². The van der Waals surface area contributed by atoms with Gasteiger partial charge >= 0.3 is 0 Å². The van der Waals surface area contributed by atoms with Crippen LogP contribution in [0.25, 0.3) is 0 Å². The van der Waals surface area contributed by atoms with Crippen molar-refractivity contribution in [3.05, 3.63) is 20.3 Å². The molecule has 1 aliphatic heterocycles. The minimum Gasteiger partial charge on any atom is -0.386 e. The predicted octanol–water partition coefficient (Wildman–Crippen LogP) is 1.99. The number of likely N-dealkylation sites (N-methyl/N-ethyl adjacent to an activating group) is 1. The van der Waals surface area contributed by atoms with Crippen molar-refractivity contribution in [2.75, 3.05) is 13.6 Å². The number of hydrogen-bond donors (Lipinski definition) is 1. The normalized spacial score (nSPS) is 24.1. The quantitative estimate of drug-likeness (QED) is 0.759. The number of fused-ring (bicyclic) bond motifs is 1. The van der Waals surface area contributed by atoms with Crippen molar-refractivity contribution >= 4 is 27.3 Å². The van der Waals surface area contributed by atoms with Crippen molar-refractivity contribution in [3.8, 4) is 0 Å². The highest BCUT2D eigenvalue weighted by Crippen LogP contribution is 2.35. The van der Waals surface area contributed by atoms with Gasteiger partial charge in [-0.2, -0.15) is 0 Å². The first-order valence-electron chi connectivity index (χ1n) is 3.81. The zero-order chi connectivity index (χ0) is 8.72. The van der Waals surface area contributed by atoms with Gasteiger partial charge < -0.3 is 5.11 Å². The molecule has 0 bridgehead atoms. The average molecular weight is 248 g/mol. The molecule has 1 aromatic rings. The van der Waals surface area contributed by atoms with E-state index >= 15 is 0 Å². The molecule has 1 aliphatic rings. The maximum Gasteiger partial charge on any atom is 0.101 e. The molecule has 0 spiro atoms. The lowest BCUT2D eigenvalue weighted by atomic mass is 10.1. The summed E-state index contributed by atoms with van der Waals surface area (Å²) in [5, 5.41) is 9.69.